The number of ketones is 1. The Bertz CT molecular complexity index is 591. The molecular weight excluding hydrogens is 271 g/mol. The van der Waals surface area contributed by atoms with E-state index < -0.39 is 29.3 Å². The molecule has 1 aromatic rings. The molecule has 1 aliphatic carbocycles. The summed E-state index contributed by atoms with van der Waals surface area (Å²) >= 11 is 0. The highest BCUT2D eigenvalue weighted by atomic mass is 19.4. The van der Waals surface area contributed by atoms with Gasteiger partial charge in [-0.2, -0.15) is 13.2 Å². The van der Waals surface area contributed by atoms with Crippen LogP contribution in [0.1, 0.15) is 10.4 Å². The van der Waals surface area contributed by atoms with Gasteiger partial charge in [0.2, 0.25) is 5.91 Å². The molecule has 104 valence electrons. The third-order valence-electron chi connectivity index (χ3n) is 2.74. The van der Waals surface area contributed by atoms with Crippen molar-refractivity contribution in [3.8, 4) is 0 Å². The van der Waals surface area contributed by atoms with Gasteiger partial charge in [0.25, 0.3) is 5.78 Å². The number of allylic oxidation sites excluding steroid dienone is 2. The minimum absolute atomic E-state index is 0.145. The molecule has 0 fully saturated rings. The summed E-state index contributed by atoms with van der Waals surface area (Å²) in [5.74, 6) is -3.01. The van der Waals surface area contributed by atoms with Gasteiger partial charge in [-0.15, -0.1) is 0 Å². The highest BCUT2D eigenvalue weighted by Crippen LogP contribution is 2.26. The molecule has 1 aliphatic rings. The number of carbonyl (C=O) groups is 2. The van der Waals surface area contributed by atoms with Gasteiger partial charge in [0.1, 0.15) is 0 Å². The van der Waals surface area contributed by atoms with E-state index in [9.17, 15) is 22.8 Å². The number of carbonyl (C=O) groups excluding carboxylic acids is 2. The van der Waals surface area contributed by atoms with E-state index >= 15 is 0 Å². The van der Waals surface area contributed by atoms with E-state index in [4.69, 9.17) is 0 Å². The van der Waals surface area contributed by atoms with Crippen LogP contribution >= 0.6 is 0 Å². The van der Waals surface area contributed by atoms with Gasteiger partial charge < -0.3 is 5.32 Å². The van der Waals surface area contributed by atoms with Crippen LogP contribution in [0.5, 0.6) is 0 Å². The largest absolute Gasteiger partial charge is 0.454 e. The molecule has 0 radical (unpaired) electrons. The van der Waals surface area contributed by atoms with Crippen molar-refractivity contribution < 1.29 is 22.8 Å². The van der Waals surface area contributed by atoms with Crippen LogP contribution in [-0.2, 0) is 4.79 Å². The molecule has 0 aliphatic heterocycles. The van der Waals surface area contributed by atoms with Gasteiger partial charge >= 0.3 is 6.18 Å². The first-order valence-electron chi connectivity index (χ1n) is 5.76. The maximum atomic E-state index is 12.5. The Morgan fingerprint density at radius 3 is 2.25 bits per heavy atom. The molecule has 1 amide bonds. The number of alkyl halides is 3. The molecule has 2 rings (SSSR count). The lowest BCUT2D eigenvalue weighted by molar-refractivity contribution is -0.117. The molecule has 0 heterocycles. The smallest absolute Gasteiger partial charge is 0.325 e. The minimum Gasteiger partial charge on any atom is -0.325 e. The van der Waals surface area contributed by atoms with E-state index in [0.29, 0.717) is 0 Å². The van der Waals surface area contributed by atoms with Crippen molar-refractivity contribution in [2.24, 2.45) is 5.92 Å². The molecule has 0 aromatic heterocycles. The van der Waals surface area contributed by atoms with E-state index in [0.717, 1.165) is 6.07 Å². The number of anilines is 1. The fraction of sp³-hybridized carbons (Fsp3) is 0.143. The number of benzene rings is 1. The second kappa shape index (κ2) is 5.32. The lowest BCUT2D eigenvalue weighted by atomic mass is 10.1. The molecule has 0 atom stereocenters. The van der Waals surface area contributed by atoms with Crippen molar-refractivity contribution in [1.82, 2.24) is 0 Å². The van der Waals surface area contributed by atoms with Crippen LogP contribution in [0.2, 0.25) is 0 Å². The van der Waals surface area contributed by atoms with Gasteiger partial charge in [0, 0.05) is 0 Å². The molecule has 0 unspecified atom stereocenters. The second-order valence-corrected chi connectivity index (χ2v) is 4.16. The van der Waals surface area contributed by atoms with E-state index in [1.54, 1.807) is 24.3 Å². The topological polar surface area (TPSA) is 46.2 Å². The zero-order valence-electron chi connectivity index (χ0n) is 10.1. The average molecular weight is 281 g/mol. The van der Waals surface area contributed by atoms with Crippen LogP contribution in [0.25, 0.3) is 0 Å². The number of halogens is 3. The summed E-state index contributed by atoms with van der Waals surface area (Å²) in [7, 11) is 0. The number of hydrogen-bond donors (Lipinski definition) is 1. The minimum atomic E-state index is -4.98. The van der Waals surface area contributed by atoms with E-state index in [1.165, 1.54) is 18.2 Å². The number of hydrogen-bond acceptors (Lipinski definition) is 2. The Labute approximate surface area is 112 Å². The maximum absolute atomic E-state index is 12.5. The van der Waals surface area contributed by atoms with E-state index in [-0.39, 0.29) is 5.69 Å². The van der Waals surface area contributed by atoms with Gasteiger partial charge in [-0.25, -0.2) is 0 Å². The van der Waals surface area contributed by atoms with Crippen LogP contribution < -0.4 is 5.32 Å². The number of nitrogens with one attached hydrogen (secondary N) is 1. The highest BCUT2D eigenvalue weighted by molar-refractivity contribution is 6.08. The molecule has 6 heteroatoms. The Hall–Kier alpha value is -2.37. The average Bonchev–Trinajstić information content (AvgIpc) is 2.91. The third kappa shape index (κ3) is 2.96. The molecule has 0 spiro atoms. The van der Waals surface area contributed by atoms with Crippen molar-refractivity contribution in [1.29, 1.82) is 0 Å². The van der Waals surface area contributed by atoms with Crippen molar-refractivity contribution in [2.45, 2.75) is 6.18 Å². The fourth-order valence-electron chi connectivity index (χ4n) is 1.77. The van der Waals surface area contributed by atoms with Crippen LogP contribution in [0, 0.1) is 5.92 Å². The zero-order chi connectivity index (χ0) is 14.8. The Kier molecular flexibility index (Phi) is 3.74. The highest BCUT2D eigenvalue weighted by Gasteiger charge is 2.40. The summed E-state index contributed by atoms with van der Waals surface area (Å²) in [6, 6.07) is 5.05. The van der Waals surface area contributed by atoms with Crippen LogP contribution in [-0.4, -0.2) is 17.9 Å². The monoisotopic (exact) mass is 281 g/mol. The quantitative estimate of drug-likeness (QED) is 0.865. The maximum Gasteiger partial charge on any atom is 0.454 e. The van der Waals surface area contributed by atoms with Crippen molar-refractivity contribution in [3.05, 3.63) is 54.1 Å². The lowest BCUT2D eigenvalue weighted by Gasteiger charge is -2.13. The molecule has 3 nitrogen and oxygen atoms in total. The Morgan fingerprint density at radius 1 is 1.05 bits per heavy atom. The van der Waals surface area contributed by atoms with Crippen LogP contribution in [0.4, 0.5) is 18.9 Å². The van der Waals surface area contributed by atoms with E-state index in [1.807, 2.05) is 0 Å². The SMILES string of the molecule is O=C(Nc1ccccc1C(=O)C(F)(F)F)C1C=CC=C1. The van der Waals surface area contributed by atoms with Crippen molar-refractivity contribution in [2.75, 3.05) is 5.32 Å². The number of para-hydroxylation sites is 1. The van der Waals surface area contributed by atoms with Gasteiger partial charge in [-0.3, -0.25) is 9.59 Å². The standard InChI is InChI=1S/C14H10F3NO2/c15-14(16,17)12(19)10-7-3-4-8-11(10)18-13(20)9-5-1-2-6-9/h1-9H,(H,18,20). The summed E-state index contributed by atoms with van der Waals surface area (Å²) in [5.41, 5.74) is -0.715. The zero-order valence-corrected chi connectivity index (χ0v) is 10.1. The van der Waals surface area contributed by atoms with Gasteiger partial charge in [-0.1, -0.05) is 36.4 Å². The van der Waals surface area contributed by atoms with Crippen LogP contribution in [0.15, 0.2) is 48.6 Å². The third-order valence-corrected chi connectivity index (χ3v) is 2.74. The summed E-state index contributed by atoms with van der Waals surface area (Å²) in [5, 5.41) is 2.34. The normalized spacial score (nSPS) is 14.6. The van der Waals surface area contributed by atoms with E-state index in [2.05, 4.69) is 5.32 Å². The summed E-state index contributed by atoms with van der Waals surface area (Å²) < 4.78 is 37.4. The molecule has 0 saturated carbocycles. The summed E-state index contributed by atoms with van der Waals surface area (Å²) in [4.78, 5) is 23.1. The Balaban J connectivity index is 2.24. The first-order valence-corrected chi connectivity index (χ1v) is 5.76. The molecular formula is C14H10F3NO2. The molecule has 1 N–H and O–H groups in total. The van der Waals surface area contributed by atoms with Gasteiger partial charge in [0.15, 0.2) is 0 Å². The lowest BCUT2D eigenvalue weighted by Crippen LogP contribution is -2.26. The fourth-order valence-corrected chi connectivity index (χ4v) is 1.77. The predicted molar refractivity (Wildman–Crippen MR) is 67.2 cm³/mol. The summed E-state index contributed by atoms with van der Waals surface area (Å²) in [6.07, 6.45) is 1.55. The molecule has 0 saturated heterocycles. The van der Waals surface area contributed by atoms with Crippen molar-refractivity contribution in [3.63, 3.8) is 0 Å². The predicted octanol–water partition coefficient (Wildman–Crippen LogP) is 3.11. The number of Topliss-reactive ketones (excluding diaryl/α,β-unsaturated/α-hetero) is 1. The second-order valence-electron chi connectivity index (χ2n) is 4.16. The first kappa shape index (κ1) is 14.0. The van der Waals surface area contributed by atoms with Crippen LogP contribution in [0.3, 0.4) is 0 Å². The van der Waals surface area contributed by atoms with Gasteiger partial charge in [-0.05, 0) is 12.1 Å². The van der Waals surface area contributed by atoms with Gasteiger partial charge in [0.05, 0.1) is 17.2 Å². The molecule has 1 aromatic carbocycles. The number of rotatable bonds is 3. The number of amides is 1. The van der Waals surface area contributed by atoms with Crippen molar-refractivity contribution >= 4 is 17.4 Å². The molecule has 0 bridgehead atoms. The first-order chi connectivity index (χ1) is 9.39. The summed E-state index contributed by atoms with van der Waals surface area (Å²) in [6.45, 7) is 0. The Morgan fingerprint density at radius 2 is 1.65 bits per heavy atom. The molecule has 20 heavy (non-hydrogen) atoms.